The van der Waals surface area contributed by atoms with E-state index in [9.17, 15) is 4.79 Å². The lowest BCUT2D eigenvalue weighted by Gasteiger charge is -2.19. The van der Waals surface area contributed by atoms with Crippen LogP contribution in [0.3, 0.4) is 0 Å². The van der Waals surface area contributed by atoms with Crippen molar-refractivity contribution in [3.05, 3.63) is 71.9 Å². The highest BCUT2D eigenvalue weighted by atomic mass is 32.2. The van der Waals surface area contributed by atoms with E-state index in [2.05, 4.69) is 5.32 Å². The van der Waals surface area contributed by atoms with Crippen LogP contribution in [0, 0.1) is 0 Å². The highest BCUT2D eigenvalue weighted by molar-refractivity contribution is 8.00. The van der Waals surface area contributed by atoms with E-state index < -0.39 is 0 Å². The molecule has 0 spiro atoms. The van der Waals surface area contributed by atoms with E-state index in [1.165, 1.54) is 17.3 Å². The molecular formula is C22H21N3OS. The Morgan fingerprint density at radius 3 is 2.41 bits per heavy atom. The van der Waals surface area contributed by atoms with E-state index in [1.807, 2.05) is 60.7 Å². The summed E-state index contributed by atoms with van der Waals surface area (Å²) in [4.78, 5) is 22.0. The van der Waals surface area contributed by atoms with Crippen molar-refractivity contribution in [2.75, 3.05) is 11.1 Å². The molecule has 0 bridgehead atoms. The van der Waals surface area contributed by atoms with E-state index in [0.29, 0.717) is 5.75 Å². The molecule has 0 radical (unpaired) electrons. The number of amides is 1. The predicted molar refractivity (Wildman–Crippen MR) is 110 cm³/mol. The number of carbonyl (C=O) groups excluding carboxylic acids is 1. The highest BCUT2D eigenvalue weighted by Crippen LogP contribution is 2.31. The molecule has 1 heterocycles. The summed E-state index contributed by atoms with van der Waals surface area (Å²) in [5, 5.41) is 3.88. The van der Waals surface area contributed by atoms with Gasteiger partial charge in [0.05, 0.1) is 5.75 Å². The van der Waals surface area contributed by atoms with Gasteiger partial charge in [0.25, 0.3) is 0 Å². The van der Waals surface area contributed by atoms with Crippen molar-refractivity contribution in [3.8, 4) is 11.4 Å². The molecule has 1 aliphatic rings. The smallest absolute Gasteiger partial charge is 0.234 e. The minimum atomic E-state index is -0.0179. The second kappa shape index (κ2) is 8.35. The SMILES string of the molecule is O=C(CSc1nc(-c2ccccc2)nc2c1CCCC2)Nc1ccccc1. The van der Waals surface area contributed by atoms with Crippen molar-refractivity contribution in [2.45, 2.75) is 30.7 Å². The standard InChI is InChI=1S/C22H21N3OS/c26-20(23-17-11-5-2-6-12-17)15-27-22-18-13-7-8-14-19(18)24-21(25-22)16-9-3-1-4-10-16/h1-6,9-12H,7-8,13-15H2,(H,23,26). The van der Waals surface area contributed by atoms with Gasteiger partial charge in [-0.3, -0.25) is 4.79 Å². The second-order valence-electron chi connectivity index (χ2n) is 6.55. The molecule has 0 fully saturated rings. The van der Waals surface area contributed by atoms with E-state index in [0.717, 1.165) is 53.5 Å². The molecular weight excluding hydrogens is 354 g/mol. The number of carbonyl (C=O) groups is 1. The number of nitrogens with zero attached hydrogens (tertiary/aromatic N) is 2. The Morgan fingerprint density at radius 1 is 0.926 bits per heavy atom. The van der Waals surface area contributed by atoms with Gasteiger partial charge < -0.3 is 5.32 Å². The number of thioether (sulfide) groups is 1. The molecule has 1 aromatic heterocycles. The predicted octanol–water partition coefficient (Wildman–Crippen LogP) is 4.75. The number of benzene rings is 2. The van der Waals surface area contributed by atoms with E-state index in [4.69, 9.17) is 9.97 Å². The third-order valence-corrected chi connectivity index (χ3v) is 5.59. The molecule has 1 aliphatic carbocycles. The van der Waals surface area contributed by atoms with Crippen LogP contribution in [0.1, 0.15) is 24.1 Å². The molecule has 1 amide bonds. The zero-order valence-corrected chi connectivity index (χ0v) is 15.8. The minimum absolute atomic E-state index is 0.0179. The Balaban J connectivity index is 1.55. The van der Waals surface area contributed by atoms with Crippen LogP contribution in [0.25, 0.3) is 11.4 Å². The molecule has 5 heteroatoms. The van der Waals surface area contributed by atoms with Crippen LogP contribution < -0.4 is 5.32 Å². The van der Waals surface area contributed by atoms with Crippen LogP contribution >= 0.6 is 11.8 Å². The van der Waals surface area contributed by atoms with Crippen molar-refractivity contribution in [2.24, 2.45) is 0 Å². The number of aryl methyl sites for hydroxylation is 1. The lowest BCUT2D eigenvalue weighted by Crippen LogP contribution is -2.15. The third-order valence-electron chi connectivity index (χ3n) is 4.57. The molecule has 27 heavy (non-hydrogen) atoms. The molecule has 0 unspecified atom stereocenters. The van der Waals surface area contributed by atoms with Gasteiger partial charge in [0.1, 0.15) is 5.03 Å². The van der Waals surface area contributed by atoms with Crippen molar-refractivity contribution >= 4 is 23.4 Å². The summed E-state index contributed by atoms with van der Waals surface area (Å²) in [5.41, 5.74) is 4.19. The Morgan fingerprint density at radius 2 is 1.63 bits per heavy atom. The Bertz CT molecular complexity index is 929. The topological polar surface area (TPSA) is 54.9 Å². The van der Waals surface area contributed by atoms with Gasteiger partial charge in [0, 0.05) is 22.5 Å². The zero-order valence-electron chi connectivity index (χ0n) is 15.0. The quantitative estimate of drug-likeness (QED) is 0.516. The fourth-order valence-corrected chi connectivity index (χ4v) is 4.13. The van der Waals surface area contributed by atoms with Crippen LogP contribution in [0.5, 0.6) is 0 Å². The van der Waals surface area contributed by atoms with Gasteiger partial charge in [-0.15, -0.1) is 0 Å². The lowest BCUT2D eigenvalue weighted by molar-refractivity contribution is -0.113. The molecule has 0 saturated heterocycles. The van der Waals surface area contributed by atoms with Crippen LogP contribution in [-0.2, 0) is 17.6 Å². The van der Waals surface area contributed by atoms with Gasteiger partial charge in [0.2, 0.25) is 5.91 Å². The third kappa shape index (κ3) is 4.37. The summed E-state index contributed by atoms with van der Waals surface area (Å²) in [6.07, 6.45) is 4.30. The monoisotopic (exact) mass is 375 g/mol. The number of para-hydroxylation sites is 1. The molecule has 0 aliphatic heterocycles. The Kier molecular flexibility index (Phi) is 5.49. The van der Waals surface area contributed by atoms with Gasteiger partial charge in [0.15, 0.2) is 5.82 Å². The minimum Gasteiger partial charge on any atom is -0.325 e. The normalized spacial score (nSPS) is 13.0. The van der Waals surface area contributed by atoms with Crippen LogP contribution in [-0.4, -0.2) is 21.6 Å². The molecule has 2 aromatic carbocycles. The number of anilines is 1. The average molecular weight is 375 g/mol. The summed E-state index contributed by atoms with van der Waals surface area (Å²) >= 11 is 1.51. The number of aromatic nitrogens is 2. The van der Waals surface area contributed by atoms with Crippen molar-refractivity contribution in [1.82, 2.24) is 9.97 Å². The maximum absolute atomic E-state index is 12.3. The number of hydrogen-bond donors (Lipinski definition) is 1. The van der Waals surface area contributed by atoms with Gasteiger partial charge in [-0.1, -0.05) is 60.3 Å². The Hall–Kier alpha value is -2.66. The fraction of sp³-hybridized carbons (Fsp3) is 0.227. The summed E-state index contributed by atoms with van der Waals surface area (Å²) in [6, 6.07) is 19.6. The molecule has 4 nitrogen and oxygen atoms in total. The first-order valence-corrected chi connectivity index (χ1v) is 10.2. The van der Waals surface area contributed by atoms with Crippen LogP contribution in [0.2, 0.25) is 0 Å². The van der Waals surface area contributed by atoms with Gasteiger partial charge in [-0.05, 0) is 37.8 Å². The second-order valence-corrected chi connectivity index (χ2v) is 7.52. The van der Waals surface area contributed by atoms with E-state index in [1.54, 1.807) is 0 Å². The lowest BCUT2D eigenvalue weighted by atomic mass is 9.97. The summed E-state index contributed by atoms with van der Waals surface area (Å²) in [5.74, 6) is 1.07. The van der Waals surface area contributed by atoms with Gasteiger partial charge >= 0.3 is 0 Å². The maximum Gasteiger partial charge on any atom is 0.234 e. The van der Waals surface area contributed by atoms with Crippen molar-refractivity contribution < 1.29 is 4.79 Å². The molecule has 136 valence electrons. The van der Waals surface area contributed by atoms with Crippen LogP contribution in [0.15, 0.2) is 65.7 Å². The summed E-state index contributed by atoms with van der Waals surface area (Å²) < 4.78 is 0. The Labute approximate surface area is 163 Å². The zero-order chi connectivity index (χ0) is 18.5. The number of fused-ring (bicyclic) bond motifs is 1. The fourth-order valence-electron chi connectivity index (χ4n) is 3.25. The molecule has 0 atom stereocenters. The van der Waals surface area contributed by atoms with E-state index >= 15 is 0 Å². The van der Waals surface area contributed by atoms with Crippen molar-refractivity contribution in [3.63, 3.8) is 0 Å². The highest BCUT2D eigenvalue weighted by Gasteiger charge is 2.19. The number of rotatable bonds is 5. The number of nitrogens with one attached hydrogen (secondary N) is 1. The van der Waals surface area contributed by atoms with Crippen LogP contribution in [0.4, 0.5) is 5.69 Å². The molecule has 0 saturated carbocycles. The van der Waals surface area contributed by atoms with Gasteiger partial charge in [-0.25, -0.2) is 9.97 Å². The number of hydrogen-bond acceptors (Lipinski definition) is 4. The van der Waals surface area contributed by atoms with Crippen molar-refractivity contribution in [1.29, 1.82) is 0 Å². The molecule has 1 N–H and O–H groups in total. The first-order valence-electron chi connectivity index (χ1n) is 9.22. The van der Waals surface area contributed by atoms with E-state index in [-0.39, 0.29) is 5.91 Å². The molecule has 3 aromatic rings. The maximum atomic E-state index is 12.3. The first-order chi connectivity index (χ1) is 13.3. The summed E-state index contributed by atoms with van der Waals surface area (Å²) in [7, 11) is 0. The summed E-state index contributed by atoms with van der Waals surface area (Å²) in [6.45, 7) is 0. The average Bonchev–Trinajstić information content (AvgIpc) is 2.73. The largest absolute Gasteiger partial charge is 0.325 e. The first kappa shape index (κ1) is 17.7. The van der Waals surface area contributed by atoms with Gasteiger partial charge in [-0.2, -0.15) is 0 Å². The molecule has 4 rings (SSSR count).